The van der Waals surface area contributed by atoms with Crippen LogP contribution in [0.5, 0.6) is 0 Å². The second kappa shape index (κ2) is 3.19. The lowest BCUT2D eigenvalue weighted by Crippen LogP contribution is -2.15. The smallest absolute Gasteiger partial charge is 0.274 e. The van der Waals surface area contributed by atoms with Gasteiger partial charge in [-0.2, -0.15) is 4.52 Å². The fourth-order valence-electron chi connectivity index (χ4n) is 1.05. The molecule has 0 unspecified atom stereocenters. The number of hydrogen-bond acceptors (Lipinski definition) is 4. The Morgan fingerprint density at radius 3 is 3.36 bits per heavy atom. The standard InChI is InChI=1S/C6H5N7O/c7-12-9-2-4-1-5(14)13-6(11-4)8-3-10-13/h1,3H,2H2,(H,8,10,11). The molecule has 2 heterocycles. The van der Waals surface area contributed by atoms with Gasteiger partial charge in [0, 0.05) is 11.0 Å². The number of aromatic amines is 1. The number of fused-ring (bicyclic) bond motifs is 1. The van der Waals surface area contributed by atoms with E-state index in [9.17, 15) is 4.79 Å². The molecule has 14 heavy (non-hydrogen) atoms. The molecule has 0 spiro atoms. The van der Waals surface area contributed by atoms with Crippen LogP contribution in [0.25, 0.3) is 16.2 Å². The molecule has 2 aromatic heterocycles. The number of rotatable bonds is 2. The van der Waals surface area contributed by atoms with Gasteiger partial charge in [-0.25, -0.2) is 9.97 Å². The highest BCUT2D eigenvalue weighted by molar-refractivity contribution is 5.25. The molecule has 8 heteroatoms. The van der Waals surface area contributed by atoms with Crippen molar-refractivity contribution in [2.45, 2.75) is 6.54 Å². The molecular formula is C6H5N7O. The third kappa shape index (κ3) is 1.29. The molecule has 0 bridgehead atoms. The Morgan fingerprint density at radius 2 is 2.57 bits per heavy atom. The minimum absolute atomic E-state index is 0.0507. The lowest BCUT2D eigenvalue weighted by atomic mass is 10.4. The Morgan fingerprint density at radius 1 is 1.71 bits per heavy atom. The van der Waals surface area contributed by atoms with Crippen LogP contribution in [0, 0.1) is 0 Å². The number of aromatic nitrogens is 4. The van der Waals surface area contributed by atoms with Crippen LogP contribution in [0.3, 0.4) is 0 Å². The molecule has 0 fully saturated rings. The molecule has 0 aliphatic heterocycles. The Bertz CT molecular complexity index is 561. The van der Waals surface area contributed by atoms with Gasteiger partial charge < -0.3 is 0 Å². The van der Waals surface area contributed by atoms with E-state index in [1.807, 2.05) is 0 Å². The number of nitrogens with zero attached hydrogens (tertiary/aromatic N) is 6. The van der Waals surface area contributed by atoms with Crippen molar-refractivity contribution < 1.29 is 0 Å². The molecule has 0 amide bonds. The molecule has 70 valence electrons. The molecule has 0 atom stereocenters. The fourth-order valence-corrected chi connectivity index (χ4v) is 1.05. The zero-order valence-corrected chi connectivity index (χ0v) is 6.95. The third-order valence-electron chi connectivity index (χ3n) is 1.62. The highest BCUT2D eigenvalue weighted by Crippen LogP contribution is 1.95. The normalized spacial score (nSPS) is 10.0. The Balaban J connectivity index is 2.58. The second-order valence-corrected chi connectivity index (χ2v) is 2.50. The van der Waals surface area contributed by atoms with Gasteiger partial charge >= 0.3 is 0 Å². The first-order valence-corrected chi connectivity index (χ1v) is 3.74. The first kappa shape index (κ1) is 8.27. The number of nitrogens with one attached hydrogen (secondary N) is 1. The Hall–Kier alpha value is -2.34. The minimum Gasteiger partial charge on any atom is -0.278 e. The van der Waals surface area contributed by atoms with E-state index in [0.29, 0.717) is 5.69 Å². The molecule has 1 N–H and O–H groups in total. The maximum absolute atomic E-state index is 11.3. The highest BCUT2D eigenvalue weighted by Gasteiger charge is 2.02. The summed E-state index contributed by atoms with van der Waals surface area (Å²) in [6.07, 6.45) is 1.36. The summed E-state index contributed by atoms with van der Waals surface area (Å²) < 4.78 is 1.19. The van der Waals surface area contributed by atoms with Crippen molar-refractivity contribution in [1.82, 2.24) is 19.6 Å². The van der Waals surface area contributed by atoms with E-state index in [1.165, 1.54) is 16.9 Å². The summed E-state index contributed by atoms with van der Waals surface area (Å²) in [5.41, 5.74) is 8.22. The van der Waals surface area contributed by atoms with Crippen LogP contribution in [0.4, 0.5) is 0 Å². The van der Waals surface area contributed by atoms with Crippen LogP contribution >= 0.6 is 0 Å². The largest absolute Gasteiger partial charge is 0.278 e. The number of hydrogen-bond donors (Lipinski definition) is 1. The lowest BCUT2D eigenvalue weighted by Gasteiger charge is -1.94. The first-order chi connectivity index (χ1) is 6.81. The number of H-pyrrole nitrogens is 1. The summed E-state index contributed by atoms with van der Waals surface area (Å²) in [7, 11) is 0. The average molecular weight is 191 g/mol. The van der Waals surface area contributed by atoms with E-state index in [-0.39, 0.29) is 17.9 Å². The summed E-state index contributed by atoms with van der Waals surface area (Å²) in [4.78, 5) is 21.7. The monoisotopic (exact) mass is 191 g/mol. The van der Waals surface area contributed by atoms with Crippen LogP contribution in [0.1, 0.15) is 5.69 Å². The molecule has 0 aromatic carbocycles. The minimum atomic E-state index is -0.282. The second-order valence-electron chi connectivity index (χ2n) is 2.50. The molecular weight excluding hydrogens is 186 g/mol. The van der Waals surface area contributed by atoms with Gasteiger partial charge in [0.25, 0.3) is 11.3 Å². The molecule has 0 aliphatic carbocycles. The van der Waals surface area contributed by atoms with Crippen LogP contribution in [-0.4, -0.2) is 19.6 Å². The predicted octanol–water partition coefficient (Wildman–Crippen LogP) is 0.228. The van der Waals surface area contributed by atoms with Gasteiger partial charge in [0.05, 0.1) is 12.2 Å². The maximum atomic E-state index is 11.3. The Labute approximate surface area is 76.8 Å². The van der Waals surface area contributed by atoms with Crippen LogP contribution in [0.2, 0.25) is 0 Å². The van der Waals surface area contributed by atoms with E-state index >= 15 is 0 Å². The van der Waals surface area contributed by atoms with Gasteiger partial charge in [0.2, 0.25) is 0 Å². The fraction of sp³-hybridized carbons (Fsp3) is 0.167. The lowest BCUT2D eigenvalue weighted by molar-refractivity contribution is 0.866. The van der Waals surface area contributed by atoms with Crippen molar-refractivity contribution >= 4 is 5.78 Å². The predicted molar refractivity (Wildman–Crippen MR) is 46.5 cm³/mol. The number of azide groups is 1. The molecule has 8 nitrogen and oxygen atoms in total. The Kier molecular flexibility index (Phi) is 1.88. The van der Waals surface area contributed by atoms with Crippen molar-refractivity contribution in [3.63, 3.8) is 0 Å². The van der Waals surface area contributed by atoms with Gasteiger partial charge in [-0.05, 0) is 5.53 Å². The molecule has 2 rings (SSSR count). The van der Waals surface area contributed by atoms with Gasteiger partial charge in [0.1, 0.15) is 6.33 Å². The maximum Gasteiger partial charge on any atom is 0.274 e. The summed E-state index contributed by atoms with van der Waals surface area (Å²) in [6.45, 7) is 0.0507. The van der Waals surface area contributed by atoms with Crippen molar-refractivity contribution in [3.8, 4) is 0 Å². The van der Waals surface area contributed by atoms with Crippen molar-refractivity contribution in [2.24, 2.45) is 5.11 Å². The molecule has 0 saturated carbocycles. The van der Waals surface area contributed by atoms with Gasteiger partial charge in [0.15, 0.2) is 0 Å². The average Bonchev–Trinajstić information content (AvgIpc) is 2.63. The van der Waals surface area contributed by atoms with Crippen molar-refractivity contribution in [1.29, 1.82) is 0 Å². The summed E-state index contributed by atoms with van der Waals surface area (Å²) in [6, 6.07) is 1.29. The zero-order chi connectivity index (χ0) is 9.97. The SMILES string of the molecule is [N-]=[N+]=NCc1cc(=O)n2[nH]cnc2n1. The van der Waals surface area contributed by atoms with Crippen molar-refractivity contribution in [2.75, 3.05) is 0 Å². The van der Waals surface area contributed by atoms with Gasteiger partial charge in [-0.3, -0.25) is 9.89 Å². The third-order valence-corrected chi connectivity index (χ3v) is 1.62. The van der Waals surface area contributed by atoms with Crippen LogP contribution in [-0.2, 0) is 6.54 Å². The zero-order valence-electron chi connectivity index (χ0n) is 6.95. The molecule has 0 saturated heterocycles. The van der Waals surface area contributed by atoms with Crippen molar-refractivity contribution in [3.05, 3.63) is 38.9 Å². The van der Waals surface area contributed by atoms with E-state index in [1.54, 1.807) is 0 Å². The molecule has 2 aromatic rings. The first-order valence-electron chi connectivity index (χ1n) is 3.74. The van der Waals surface area contributed by atoms with Crippen LogP contribution < -0.4 is 5.56 Å². The highest BCUT2D eigenvalue weighted by atomic mass is 16.1. The summed E-state index contributed by atoms with van der Waals surface area (Å²) >= 11 is 0. The van der Waals surface area contributed by atoms with Crippen LogP contribution in [0.15, 0.2) is 22.3 Å². The quantitative estimate of drug-likeness (QED) is 0.416. The molecule has 0 radical (unpaired) electrons. The van der Waals surface area contributed by atoms with E-state index in [4.69, 9.17) is 5.53 Å². The summed E-state index contributed by atoms with van der Waals surface area (Å²) in [5, 5.41) is 5.90. The van der Waals surface area contributed by atoms with Gasteiger partial charge in [-0.15, -0.1) is 0 Å². The van der Waals surface area contributed by atoms with E-state index in [2.05, 4.69) is 25.1 Å². The molecule has 0 aliphatic rings. The summed E-state index contributed by atoms with van der Waals surface area (Å²) in [5.74, 6) is 0.264. The topological polar surface area (TPSA) is 112 Å². The van der Waals surface area contributed by atoms with Gasteiger partial charge in [-0.1, -0.05) is 5.11 Å². The van der Waals surface area contributed by atoms with E-state index in [0.717, 1.165) is 0 Å². The van der Waals surface area contributed by atoms with E-state index < -0.39 is 0 Å².